The Bertz CT molecular complexity index is 994. The number of sulfonamides is 1. The van der Waals surface area contributed by atoms with E-state index in [0.29, 0.717) is 13.1 Å². The summed E-state index contributed by atoms with van der Waals surface area (Å²) < 4.78 is 26.4. The summed E-state index contributed by atoms with van der Waals surface area (Å²) >= 11 is 0. The number of pyridine rings is 1. The van der Waals surface area contributed by atoms with Crippen molar-refractivity contribution in [2.75, 3.05) is 24.5 Å². The van der Waals surface area contributed by atoms with E-state index in [1.807, 2.05) is 12.1 Å². The minimum Gasteiger partial charge on any atom is -0.357 e. The molecule has 1 saturated heterocycles. The maximum Gasteiger partial charge on any atom is 0.244 e. The van der Waals surface area contributed by atoms with Crippen LogP contribution in [-0.2, 0) is 21.4 Å². The summed E-state index contributed by atoms with van der Waals surface area (Å²) in [5.41, 5.74) is 1.68. The molecule has 1 amide bonds. The molecule has 1 aliphatic heterocycles. The third-order valence-corrected chi connectivity index (χ3v) is 6.90. The van der Waals surface area contributed by atoms with Crippen LogP contribution in [0.2, 0.25) is 0 Å². The van der Waals surface area contributed by atoms with Gasteiger partial charge in [-0.3, -0.25) is 4.79 Å². The molecule has 3 rings (SSSR count). The maximum absolute atomic E-state index is 12.1. The molecule has 0 spiro atoms. The Morgan fingerprint density at radius 3 is 2.48 bits per heavy atom. The summed E-state index contributed by atoms with van der Waals surface area (Å²) in [6, 6.07) is 10.4. The van der Waals surface area contributed by atoms with Crippen LogP contribution in [0.3, 0.4) is 0 Å². The lowest BCUT2D eigenvalue weighted by Gasteiger charge is -2.31. The number of anilines is 1. The molecule has 0 unspecified atom stereocenters. The van der Waals surface area contributed by atoms with Gasteiger partial charge in [0.1, 0.15) is 5.82 Å². The quantitative estimate of drug-likeness (QED) is 0.614. The zero-order valence-electron chi connectivity index (χ0n) is 18.0. The lowest BCUT2D eigenvalue weighted by atomic mass is 9.99. The Morgan fingerprint density at radius 1 is 1.16 bits per heavy atom. The SMILES string of the molecule is CCNS(=O)(=O)c1ccc(/C=C/C(=O)NCc2ccc(N3CCC(C)CC3)nc2)cc1. The van der Waals surface area contributed by atoms with Gasteiger partial charge in [0, 0.05) is 38.5 Å². The summed E-state index contributed by atoms with van der Waals surface area (Å²) in [6.45, 7) is 6.82. The van der Waals surface area contributed by atoms with Gasteiger partial charge >= 0.3 is 0 Å². The Morgan fingerprint density at radius 2 is 1.87 bits per heavy atom. The fourth-order valence-electron chi connectivity index (χ4n) is 3.40. The largest absolute Gasteiger partial charge is 0.357 e. The van der Waals surface area contributed by atoms with Crippen LogP contribution in [0.5, 0.6) is 0 Å². The minimum absolute atomic E-state index is 0.200. The topological polar surface area (TPSA) is 91.4 Å². The lowest BCUT2D eigenvalue weighted by Crippen LogP contribution is -2.33. The maximum atomic E-state index is 12.1. The molecule has 2 heterocycles. The van der Waals surface area contributed by atoms with Crippen LogP contribution < -0.4 is 14.9 Å². The molecule has 0 saturated carbocycles. The summed E-state index contributed by atoms with van der Waals surface area (Å²) in [6.07, 6.45) is 7.28. The highest BCUT2D eigenvalue weighted by Gasteiger charge is 2.16. The van der Waals surface area contributed by atoms with Gasteiger partial charge in [-0.05, 0) is 54.2 Å². The molecule has 2 aromatic rings. The average Bonchev–Trinajstić information content (AvgIpc) is 2.77. The Hall–Kier alpha value is -2.71. The standard InChI is InChI=1S/C23H30N4O3S/c1-3-26-31(29,30)21-8-4-19(5-9-21)7-11-23(28)25-17-20-6-10-22(24-16-20)27-14-12-18(2)13-15-27/h4-11,16,18,26H,3,12-15,17H2,1-2H3,(H,25,28)/b11-7+. The van der Waals surface area contributed by atoms with Crippen molar-refractivity contribution < 1.29 is 13.2 Å². The number of hydrogen-bond acceptors (Lipinski definition) is 5. The Kier molecular flexibility index (Phi) is 7.81. The first-order valence-corrected chi connectivity index (χ1v) is 12.1. The molecule has 0 aliphatic carbocycles. The molecule has 0 radical (unpaired) electrons. The molecular weight excluding hydrogens is 412 g/mol. The lowest BCUT2D eigenvalue weighted by molar-refractivity contribution is -0.116. The zero-order chi connectivity index (χ0) is 22.3. The number of nitrogens with one attached hydrogen (secondary N) is 2. The van der Waals surface area contributed by atoms with Gasteiger partial charge in [0.05, 0.1) is 4.90 Å². The molecule has 2 N–H and O–H groups in total. The van der Waals surface area contributed by atoms with E-state index in [9.17, 15) is 13.2 Å². The molecule has 1 fully saturated rings. The van der Waals surface area contributed by atoms with E-state index in [4.69, 9.17) is 0 Å². The van der Waals surface area contributed by atoms with Crippen molar-refractivity contribution in [3.05, 3.63) is 59.8 Å². The number of piperidine rings is 1. The number of rotatable bonds is 8. The zero-order valence-corrected chi connectivity index (χ0v) is 18.9. The van der Waals surface area contributed by atoms with Crippen LogP contribution in [-0.4, -0.2) is 38.9 Å². The van der Waals surface area contributed by atoms with Crippen LogP contribution in [0.15, 0.2) is 53.6 Å². The number of carbonyl (C=O) groups excluding carboxylic acids is 1. The van der Waals surface area contributed by atoms with Gasteiger partial charge in [0.25, 0.3) is 0 Å². The predicted molar refractivity (Wildman–Crippen MR) is 123 cm³/mol. The highest BCUT2D eigenvalue weighted by molar-refractivity contribution is 7.89. The fourth-order valence-corrected chi connectivity index (χ4v) is 4.44. The minimum atomic E-state index is -3.47. The van der Waals surface area contributed by atoms with Crippen molar-refractivity contribution >= 4 is 27.8 Å². The number of hydrogen-bond donors (Lipinski definition) is 2. The van der Waals surface area contributed by atoms with E-state index in [2.05, 4.69) is 26.8 Å². The van der Waals surface area contributed by atoms with Gasteiger partial charge in [-0.1, -0.05) is 32.0 Å². The monoisotopic (exact) mass is 442 g/mol. The molecule has 31 heavy (non-hydrogen) atoms. The summed E-state index contributed by atoms with van der Waals surface area (Å²) in [4.78, 5) is 19.2. The first-order valence-electron chi connectivity index (χ1n) is 10.6. The van der Waals surface area contributed by atoms with Gasteiger partial charge in [-0.25, -0.2) is 18.1 Å². The van der Waals surface area contributed by atoms with E-state index in [-0.39, 0.29) is 10.8 Å². The highest BCUT2D eigenvalue weighted by atomic mass is 32.2. The molecular formula is C23H30N4O3S. The molecule has 1 aromatic carbocycles. The number of amides is 1. The second-order valence-electron chi connectivity index (χ2n) is 7.82. The Labute approximate surface area is 184 Å². The van der Waals surface area contributed by atoms with Crippen LogP contribution in [0.1, 0.15) is 37.8 Å². The number of benzene rings is 1. The Balaban J connectivity index is 1.49. The van der Waals surface area contributed by atoms with Crippen molar-refractivity contribution in [1.82, 2.24) is 15.0 Å². The van der Waals surface area contributed by atoms with Crippen LogP contribution in [0.25, 0.3) is 6.08 Å². The molecule has 0 atom stereocenters. The number of nitrogens with zero attached hydrogens (tertiary/aromatic N) is 2. The second-order valence-corrected chi connectivity index (χ2v) is 9.58. The second kappa shape index (κ2) is 10.5. The molecule has 1 aliphatic rings. The van der Waals surface area contributed by atoms with Crippen molar-refractivity contribution in [2.24, 2.45) is 5.92 Å². The first-order chi connectivity index (χ1) is 14.9. The highest BCUT2D eigenvalue weighted by Crippen LogP contribution is 2.21. The van der Waals surface area contributed by atoms with E-state index in [0.717, 1.165) is 36.0 Å². The normalized spacial score (nSPS) is 15.4. The van der Waals surface area contributed by atoms with Gasteiger partial charge in [0.2, 0.25) is 15.9 Å². The van der Waals surface area contributed by atoms with Gasteiger partial charge in [-0.2, -0.15) is 0 Å². The molecule has 1 aromatic heterocycles. The van der Waals surface area contributed by atoms with Crippen LogP contribution in [0.4, 0.5) is 5.82 Å². The predicted octanol–water partition coefficient (Wildman–Crippen LogP) is 2.95. The van der Waals surface area contributed by atoms with E-state index in [1.54, 1.807) is 31.3 Å². The van der Waals surface area contributed by atoms with E-state index < -0.39 is 10.0 Å². The molecule has 166 valence electrons. The summed E-state index contributed by atoms with van der Waals surface area (Å²) in [7, 11) is -3.47. The van der Waals surface area contributed by atoms with Gasteiger partial charge in [0.15, 0.2) is 0 Å². The van der Waals surface area contributed by atoms with E-state index >= 15 is 0 Å². The number of aromatic nitrogens is 1. The van der Waals surface area contributed by atoms with Crippen molar-refractivity contribution in [3.8, 4) is 0 Å². The number of carbonyl (C=O) groups is 1. The van der Waals surface area contributed by atoms with Gasteiger partial charge in [-0.15, -0.1) is 0 Å². The van der Waals surface area contributed by atoms with Crippen molar-refractivity contribution in [1.29, 1.82) is 0 Å². The average molecular weight is 443 g/mol. The van der Waals surface area contributed by atoms with Gasteiger partial charge < -0.3 is 10.2 Å². The summed E-state index contributed by atoms with van der Waals surface area (Å²) in [5, 5.41) is 2.84. The molecule has 8 heteroatoms. The van der Waals surface area contributed by atoms with E-state index in [1.165, 1.54) is 31.1 Å². The molecule has 7 nitrogen and oxygen atoms in total. The third-order valence-electron chi connectivity index (χ3n) is 5.34. The molecule has 0 bridgehead atoms. The first kappa shape index (κ1) is 23.0. The fraction of sp³-hybridized carbons (Fsp3) is 0.391. The van der Waals surface area contributed by atoms with Crippen LogP contribution >= 0.6 is 0 Å². The van der Waals surface area contributed by atoms with Crippen molar-refractivity contribution in [3.63, 3.8) is 0 Å². The van der Waals surface area contributed by atoms with Crippen molar-refractivity contribution in [2.45, 2.75) is 38.1 Å². The third kappa shape index (κ3) is 6.63. The smallest absolute Gasteiger partial charge is 0.244 e. The summed E-state index contributed by atoms with van der Waals surface area (Å²) in [5.74, 6) is 1.54. The van der Waals surface area contributed by atoms with Crippen LogP contribution in [0, 0.1) is 5.92 Å².